The first-order valence-electron chi connectivity index (χ1n) is 8.32. The van der Waals surface area contributed by atoms with Crippen molar-refractivity contribution in [3.63, 3.8) is 0 Å². The zero-order chi connectivity index (χ0) is 15.8. The molecule has 120 valence electrons. The molecule has 0 bridgehead atoms. The summed E-state index contributed by atoms with van der Waals surface area (Å²) in [5.41, 5.74) is -0.239. The monoisotopic (exact) mass is 294 g/mol. The molecule has 2 amide bonds. The van der Waals surface area contributed by atoms with Gasteiger partial charge in [-0.25, -0.2) is 0 Å². The highest BCUT2D eigenvalue weighted by Crippen LogP contribution is 2.38. The molecular weight excluding hydrogens is 264 g/mol. The van der Waals surface area contributed by atoms with E-state index in [1.165, 1.54) is 0 Å². The second kappa shape index (κ2) is 5.98. The van der Waals surface area contributed by atoms with Crippen molar-refractivity contribution in [3.05, 3.63) is 0 Å². The van der Waals surface area contributed by atoms with Crippen LogP contribution in [0.15, 0.2) is 0 Å². The van der Waals surface area contributed by atoms with Crippen molar-refractivity contribution in [1.82, 2.24) is 10.2 Å². The van der Waals surface area contributed by atoms with Crippen LogP contribution in [0.1, 0.15) is 60.3 Å². The first-order valence-corrected chi connectivity index (χ1v) is 8.32. The van der Waals surface area contributed by atoms with Crippen LogP contribution in [0.2, 0.25) is 0 Å². The minimum Gasteiger partial charge on any atom is -0.342 e. The van der Waals surface area contributed by atoms with Crippen molar-refractivity contribution in [2.45, 2.75) is 72.4 Å². The zero-order valence-electron chi connectivity index (χ0n) is 14.1. The van der Waals surface area contributed by atoms with Gasteiger partial charge in [0, 0.05) is 6.54 Å². The van der Waals surface area contributed by atoms with E-state index in [4.69, 9.17) is 0 Å². The normalized spacial score (nSPS) is 27.2. The number of piperazine rings is 1. The standard InChI is InChI=1S/C17H30N2O2/c1-11(2)7-6-10-19-13(12-8-9-12)15(20)18-14(16(19)21)17(3,4)5/h11-14H,6-10H2,1-5H3,(H,18,20). The Morgan fingerprint density at radius 2 is 1.86 bits per heavy atom. The van der Waals surface area contributed by atoms with E-state index in [1.54, 1.807) is 0 Å². The summed E-state index contributed by atoms with van der Waals surface area (Å²) in [4.78, 5) is 27.2. The fourth-order valence-corrected chi connectivity index (χ4v) is 3.12. The maximum atomic E-state index is 12.8. The van der Waals surface area contributed by atoms with Crippen molar-refractivity contribution in [1.29, 1.82) is 0 Å². The van der Waals surface area contributed by atoms with Crippen LogP contribution in [-0.4, -0.2) is 35.3 Å². The summed E-state index contributed by atoms with van der Waals surface area (Å²) in [6.45, 7) is 11.2. The van der Waals surface area contributed by atoms with E-state index in [0.717, 1.165) is 32.2 Å². The number of nitrogens with zero attached hydrogens (tertiary/aromatic N) is 1. The molecule has 1 heterocycles. The highest BCUT2D eigenvalue weighted by atomic mass is 16.2. The van der Waals surface area contributed by atoms with Crippen molar-refractivity contribution < 1.29 is 9.59 Å². The maximum absolute atomic E-state index is 12.8. The van der Waals surface area contributed by atoms with Crippen molar-refractivity contribution in [3.8, 4) is 0 Å². The van der Waals surface area contributed by atoms with Crippen LogP contribution in [0.5, 0.6) is 0 Å². The summed E-state index contributed by atoms with van der Waals surface area (Å²) in [5.74, 6) is 1.19. The number of carbonyl (C=O) groups excluding carboxylic acids is 2. The smallest absolute Gasteiger partial charge is 0.246 e. The third kappa shape index (κ3) is 3.78. The molecule has 2 unspecified atom stereocenters. The lowest BCUT2D eigenvalue weighted by Gasteiger charge is -2.43. The quantitative estimate of drug-likeness (QED) is 0.847. The fourth-order valence-electron chi connectivity index (χ4n) is 3.12. The molecule has 1 saturated heterocycles. The van der Waals surface area contributed by atoms with Gasteiger partial charge in [0.25, 0.3) is 0 Å². The fraction of sp³-hybridized carbons (Fsp3) is 0.882. The Kier molecular flexibility index (Phi) is 4.64. The Labute approximate surface area is 128 Å². The van der Waals surface area contributed by atoms with Gasteiger partial charge in [0.1, 0.15) is 12.1 Å². The van der Waals surface area contributed by atoms with Gasteiger partial charge in [-0.3, -0.25) is 9.59 Å². The summed E-state index contributed by atoms with van der Waals surface area (Å²) in [6, 6.07) is -0.609. The molecule has 1 saturated carbocycles. The minimum absolute atomic E-state index is 0.0570. The lowest BCUT2D eigenvalue weighted by Crippen LogP contribution is -2.67. The Balaban J connectivity index is 2.12. The summed E-state index contributed by atoms with van der Waals surface area (Å²) < 4.78 is 0. The molecule has 0 aromatic rings. The van der Waals surface area contributed by atoms with E-state index in [2.05, 4.69) is 19.2 Å². The van der Waals surface area contributed by atoms with Gasteiger partial charge in [0.2, 0.25) is 11.8 Å². The molecule has 0 aromatic carbocycles. The molecule has 2 fully saturated rings. The summed E-state index contributed by atoms with van der Waals surface area (Å²) in [5, 5.41) is 2.98. The van der Waals surface area contributed by atoms with Gasteiger partial charge in [-0.15, -0.1) is 0 Å². The molecule has 1 N–H and O–H groups in total. The Morgan fingerprint density at radius 1 is 1.24 bits per heavy atom. The summed E-state index contributed by atoms with van der Waals surface area (Å²) in [7, 11) is 0. The minimum atomic E-state index is -0.390. The number of rotatable bonds is 5. The molecule has 2 atom stereocenters. The third-order valence-electron chi connectivity index (χ3n) is 4.54. The Morgan fingerprint density at radius 3 is 2.33 bits per heavy atom. The molecular formula is C17H30N2O2. The zero-order valence-corrected chi connectivity index (χ0v) is 14.1. The third-order valence-corrected chi connectivity index (χ3v) is 4.54. The van der Waals surface area contributed by atoms with Crippen LogP contribution in [0.3, 0.4) is 0 Å². The number of amides is 2. The highest BCUT2D eigenvalue weighted by Gasteiger charge is 2.50. The van der Waals surface area contributed by atoms with Gasteiger partial charge in [0.05, 0.1) is 0 Å². The predicted molar refractivity (Wildman–Crippen MR) is 83.7 cm³/mol. The van der Waals surface area contributed by atoms with Crippen LogP contribution in [0, 0.1) is 17.3 Å². The van der Waals surface area contributed by atoms with E-state index in [1.807, 2.05) is 25.7 Å². The lowest BCUT2D eigenvalue weighted by molar-refractivity contribution is -0.153. The summed E-state index contributed by atoms with van der Waals surface area (Å²) >= 11 is 0. The van der Waals surface area contributed by atoms with E-state index in [-0.39, 0.29) is 29.3 Å². The molecule has 4 nitrogen and oxygen atoms in total. The molecule has 21 heavy (non-hydrogen) atoms. The van der Waals surface area contributed by atoms with Crippen LogP contribution in [-0.2, 0) is 9.59 Å². The average Bonchev–Trinajstić information content (AvgIpc) is 3.15. The number of hydrogen-bond acceptors (Lipinski definition) is 2. The second-order valence-corrected chi connectivity index (χ2v) is 8.16. The van der Waals surface area contributed by atoms with Crippen LogP contribution in [0.4, 0.5) is 0 Å². The van der Waals surface area contributed by atoms with Gasteiger partial charge in [-0.2, -0.15) is 0 Å². The van der Waals surface area contributed by atoms with E-state index in [0.29, 0.717) is 11.8 Å². The predicted octanol–water partition coefficient (Wildman–Crippen LogP) is 2.57. The van der Waals surface area contributed by atoms with Crippen LogP contribution >= 0.6 is 0 Å². The van der Waals surface area contributed by atoms with Crippen LogP contribution < -0.4 is 5.32 Å². The van der Waals surface area contributed by atoms with Crippen molar-refractivity contribution >= 4 is 11.8 Å². The SMILES string of the molecule is CC(C)CCCN1C(=O)C(C(C)(C)C)NC(=O)C1C1CC1. The molecule has 0 radical (unpaired) electrons. The number of carbonyl (C=O) groups is 2. The molecule has 2 aliphatic rings. The molecule has 1 aliphatic heterocycles. The summed E-state index contributed by atoms with van der Waals surface area (Å²) in [6.07, 6.45) is 4.23. The average molecular weight is 294 g/mol. The second-order valence-electron chi connectivity index (χ2n) is 8.16. The Bertz CT molecular complexity index is 408. The van der Waals surface area contributed by atoms with Gasteiger partial charge >= 0.3 is 0 Å². The maximum Gasteiger partial charge on any atom is 0.246 e. The number of nitrogens with one attached hydrogen (secondary N) is 1. The molecule has 4 heteroatoms. The molecule has 0 spiro atoms. The van der Waals surface area contributed by atoms with E-state index in [9.17, 15) is 9.59 Å². The number of hydrogen-bond donors (Lipinski definition) is 1. The molecule has 1 aliphatic carbocycles. The first-order chi connectivity index (χ1) is 9.71. The van der Waals surface area contributed by atoms with Crippen molar-refractivity contribution in [2.75, 3.05) is 6.54 Å². The van der Waals surface area contributed by atoms with Crippen molar-refractivity contribution in [2.24, 2.45) is 17.3 Å². The molecule has 0 aromatic heterocycles. The van der Waals surface area contributed by atoms with Crippen LogP contribution in [0.25, 0.3) is 0 Å². The van der Waals surface area contributed by atoms with Gasteiger partial charge < -0.3 is 10.2 Å². The first kappa shape index (κ1) is 16.3. The molecule has 2 rings (SSSR count). The largest absolute Gasteiger partial charge is 0.342 e. The van der Waals surface area contributed by atoms with Gasteiger partial charge in [0.15, 0.2) is 0 Å². The van der Waals surface area contributed by atoms with E-state index >= 15 is 0 Å². The highest BCUT2D eigenvalue weighted by molar-refractivity contribution is 5.97. The van der Waals surface area contributed by atoms with Gasteiger partial charge in [-0.1, -0.05) is 34.6 Å². The van der Waals surface area contributed by atoms with Gasteiger partial charge in [-0.05, 0) is 42.9 Å². The van der Waals surface area contributed by atoms with E-state index < -0.39 is 0 Å². The lowest BCUT2D eigenvalue weighted by atomic mass is 9.83. The topological polar surface area (TPSA) is 49.4 Å². The Hall–Kier alpha value is -1.06.